The number of ether oxygens (including phenoxy) is 1. The van der Waals surface area contributed by atoms with Crippen molar-refractivity contribution in [1.82, 2.24) is 10.2 Å². The fourth-order valence-corrected chi connectivity index (χ4v) is 1.64. The van der Waals surface area contributed by atoms with E-state index in [1.807, 2.05) is 46.0 Å². The highest BCUT2D eigenvalue weighted by atomic mass is 16.6. The molecule has 0 saturated heterocycles. The van der Waals surface area contributed by atoms with E-state index < -0.39 is 5.60 Å². The first-order chi connectivity index (χ1) is 8.87. The molecule has 0 radical (unpaired) electrons. The highest BCUT2D eigenvalue weighted by molar-refractivity contribution is 5.67. The van der Waals surface area contributed by atoms with Gasteiger partial charge in [0, 0.05) is 19.6 Å². The molecule has 0 aromatic heterocycles. The van der Waals surface area contributed by atoms with Crippen LogP contribution in [0.1, 0.15) is 26.3 Å². The van der Waals surface area contributed by atoms with Gasteiger partial charge < -0.3 is 15.0 Å². The molecule has 0 saturated carbocycles. The maximum atomic E-state index is 11.4. The van der Waals surface area contributed by atoms with Crippen LogP contribution in [0.25, 0.3) is 0 Å². The van der Waals surface area contributed by atoms with E-state index in [0.717, 1.165) is 13.1 Å². The van der Waals surface area contributed by atoms with Crippen LogP contribution in [0, 0.1) is 0 Å². The fraction of sp³-hybridized carbons (Fsp3) is 0.533. The Balaban J connectivity index is 2.21. The van der Waals surface area contributed by atoms with Crippen LogP contribution in [-0.4, -0.2) is 36.7 Å². The normalized spacial score (nSPS) is 11.4. The summed E-state index contributed by atoms with van der Waals surface area (Å²) < 4.78 is 5.17. The average Bonchev–Trinajstić information content (AvgIpc) is 2.27. The van der Waals surface area contributed by atoms with Crippen LogP contribution in [0.5, 0.6) is 0 Å². The number of alkyl carbamates (subject to hydrolysis) is 1. The van der Waals surface area contributed by atoms with E-state index in [4.69, 9.17) is 4.74 Å². The Labute approximate surface area is 115 Å². The van der Waals surface area contributed by atoms with E-state index in [1.165, 1.54) is 5.56 Å². The minimum Gasteiger partial charge on any atom is -0.444 e. The van der Waals surface area contributed by atoms with Crippen molar-refractivity contribution in [2.24, 2.45) is 0 Å². The standard InChI is InChI=1S/C15H24N2O2/c1-15(2,3)19-14(18)16-10-11-17(4)12-13-8-6-5-7-9-13/h5-9H,10-12H2,1-4H3,(H,16,18). The van der Waals surface area contributed by atoms with Crippen LogP contribution in [0.4, 0.5) is 4.79 Å². The SMILES string of the molecule is CN(CCNC(=O)OC(C)(C)C)Cc1ccccc1. The van der Waals surface area contributed by atoms with Gasteiger partial charge in [0.2, 0.25) is 0 Å². The minimum absolute atomic E-state index is 0.361. The zero-order valence-corrected chi connectivity index (χ0v) is 12.3. The third-order valence-electron chi connectivity index (χ3n) is 2.46. The molecule has 0 aliphatic carbocycles. The average molecular weight is 264 g/mol. The molecule has 0 aliphatic heterocycles. The van der Waals surface area contributed by atoms with Crippen molar-refractivity contribution in [2.75, 3.05) is 20.1 Å². The second kappa shape index (κ2) is 7.14. The zero-order valence-electron chi connectivity index (χ0n) is 12.3. The lowest BCUT2D eigenvalue weighted by Gasteiger charge is -2.21. The summed E-state index contributed by atoms with van der Waals surface area (Å²) in [7, 11) is 2.03. The molecule has 0 unspecified atom stereocenters. The third-order valence-corrected chi connectivity index (χ3v) is 2.46. The molecule has 4 nitrogen and oxygen atoms in total. The van der Waals surface area contributed by atoms with E-state index in [0.29, 0.717) is 6.54 Å². The molecule has 0 fully saturated rings. The van der Waals surface area contributed by atoms with E-state index in [9.17, 15) is 4.79 Å². The highest BCUT2D eigenvalue weighted by Crippen LogP contribution is 2.06. The van der Waals surface area contributed by atoms with E-state index in [2.05, 4.69) is 22.3 Å². The van der Waals surface area contributed by atoms with Crippen molar-refractivity contribution in [1.29, 1.82) is 0 Å². The van der Waals surface area contributed by atoms with Crippen molar-refractivity contribution in [2.45, 2.75) is 32.9 Å². The Hall–Kier alpha value is -1.55. The van der Waals surface area contributed by atoms with Crippen molar-refractivity contribution in [3.63, 3.8) is 0 Å². The number of nitrogens with one attached hydrogen (secondary N) is 1. The lowest BCUT2D eigenvalue weighted by atomic mass is 10.2. The van der Waals surface area contributed by atoms with Crippen LogP contribution in [0.3, 0.4) is 0 Å². The Bertz CT molecular complexity index is 385. The summed E-state index contributed by atoms with van der Waals surface area (Å²) in [6.07, 6.45) is -0.361. The molecule has 0 spiro atoms. The largest absolute Gasteiger partial charge is 0.444 e. The molecule has 0 aliphatic rings. The number of benzene rings is 1. The number of carbonyl (C=O) groups is 1. The number of amides is 1. The first kappa shape index (κ1) is 15.5. The van der Waals surface area contributed by atoms with Crippen LogP contribution in [0.2, 0.25) is 0 Å². The van der Waals surface area contributed by atoms with Gasteiger partial charge in [0.15, 0.2) is 0 Å². The molecule has 1 N–H and O–H groups in total. The summed E-state index contributed by atoms with van der Waals surface area (Å²) in [6, 6.07) is 10.3. The lowest BCUT2D eigenvalue weighted by molar-refractivity contribution is 0.0523. The summed E-state index contributed by atoms with van der Waals surface area (Å²) in [5, 5.41) is 2.75. The topological polar surface area (TPSA) is 41.6 Å². The van der Waals surface area contributed by atoms with Gasteiger partial charge in [-0.05, 0) is 33.4 Å². The van der Waals surface area contributed by atoms with Gasteiger partial charge in [0.1, 0.15) is 5.60 Å². The molecule has 0 atom stereocenters. The van der Waals surface area contributed by atoms with Gasteiger partial charge in [0.05, 0.1) is 0 Å². The maximum Gasteiger partial charge on any atom is 0.407 e. The predicted octanol–water partition coefficient (Wildman–Crippen LogP) is 2.64. The summed E-state index contributed by atoms with van der Waals surface area (Å²) in [6.45, 7) is 7.81. The molecule has 1 rings (SSSR count). The molecule has 1 aromatic rings. The zero-order chi connectivity index (χ0) is 14.3. The minimum atomic E-state index is -0.444. The molecule has 4 heteroatoms. The van der Waals surface area contributed by atoms with Crippen molar-refractivity contribution >= 4 is 6.09 Å². The van der Waals surface area contributed by atoms with Crippen LogP contribution >= 0.6 is 0 Å². The second-order valence-corrected chi connectivity index (χ2v) is 5.65. The Morgan fingerprint density at radius 1 is 1.26 bits per heavy atom. The highest BCUT2D eigenvalue weighted by Gasteiger charge is 2.15. The van der Waals surface area contributed by atoms with E-state index >= 15 is 0 Å². The molecule has 19 heavy (non-hydrogen) atoms. The Morgan fingerprint density at radius 3 is 2.47 bits per heavy atom. The molecule has 0 bridgehead atoms. The first-order valence-electron chi connectivity index (χ1n) is 6.56. The van der Waals surface area contributed by atoms with Gasteiger partial charge in [-0.3, -0.25) is 0 Å². The number of hydrogen-bond acceptors (Lipinski definition) is 3. The third kappa shape index (κ3) is 7.47. The van der Waals surface area contributed by atoms with Crippen molar-refractivity contribution < 1.29 is 9.53 Å². The monoisotopic (exact) mass is 264 g/mol. The van der Waals surface area contributed by atoms with Gasteiger partial charge in [-0.1, -0.05) is 30.3 Å². The lowest BCUT2D eigenvalue weighted by Crippen LogP contribution is -2.36. The second-order valence-electron chi connectivity index (χ2n) is 5.65. The first-order valence-corrected chi connectivity index (χ1v) is 6.56. The maximum absolute atomic E-state index is 11.4. The number of rotatable bonds is 5. The number of likely N-dealkylation sites (N-methyl/N-ethyl adjacent to an activating group) is 1. The molecule has 106 valence electrons. The number of hydrogen-bond donors (Lipinski definition) is 1. The smallest absolute Gasteiger partial charge is 0.407 e. The summed E-state index contributed by atoms with van der Waals surface area (Å²) in [5.41, 5.74) is 0.822. The van der Waals surface area contributed by atoms with Crippen LogP contribution in [-0.2, 0) is 11.3 Å². The van der Waals surface area contributed by atoms with E-state index in [-0.39, 0.29) is 6.09 Å². The van der Waals surface area contributed by atoms with Gasteiger partial charge in [-0.15, -0.1) is 0 Å². The van der Waals surface area contributed by atoms with Gasteiger partial charge >= 0.3 is 6.09 Å². The molecule has 1 aromatic carbocycles. The quantitative estimate of drug-likeness (QED) is 0.889. The fourth-order valence-electron chi connectivity index (χ4n) is 1.64. The van der Waals surface area contributed by atoms with Gasteiger partial charge in [-0.25, -0.2) is 4.79 Å². The summed E-state index contributed by atoms with van der Waals surface area (Å²) >= 11 is 0. The van der Waals surface area contributed by atoms with Crippen LogP contribution < -0.4 is 5.32 Å². The molecule has 0 heterocycles. The summed E-state index contributed by atoms with van der Waals surface area (Å²) in [4.78, 5) is 13.6. The predicted molar refractivity (Wildman–Crippen MR) is 77.0 cm³/mol. The van der Waals surface area contributed by atoms with Crippen molar-refractivity contribution in [3.05, 3.63) is 35.9 Å². The van der Waals surface area contributed by atoms with Gasteiger partial charge in [0.25, 0.3) is 0 Å². The molecular weight excluding hydrogens is 240 g/mol. The number of nitrogens with zero attached hydrogens (tertiary/aromatic N) is 1. The van der Waals surface area contributed by atoms with E-state index in [1.54, 1.807) is 0 Å². The van der Waals surface area contributed by atoms with Gasteiger partial charge in [-0.2, -0.15) is 0 Å². The summed E-state index contributed by atoms with van der Waals surface area (Å²) in [5.74, 6) is 0. The number of carbonyl (C=O) groups excluding carboxylic acids is 1. The molecule has 1 amide bonds. The Kier molecular flexibility index (Phi) is 5.83. The Morgan fingerprint density at radius 2 is 1.89 bits per heavy atom. The van der Waals surface area contributed by atoms with Crippen LogP contribution in [0.15, 0.2) is 30.3 Å². The molecular formula is C15H24N2O2. The van der Waals surface area contributed by atoms with Crippen molar-refractivity contribution in [3.8, 4) is 0 Å².